The zero-order valence-corrected chi connectivity index (χ0v) is 14.3. The van der Waals surface area contributed by atoms with Crippen molar-refractivity contribution in [3.63, 3.8) is 0 Å². The average molecular weight is 337 g/mol. The highest BCUT2D eigenvalue weighted by Crippen LogP contribution is 2.18. The second-order valence-corrected chi connectivity index (χ2v) is 6.93. The maximum Gasteiger partial charge on any atom is 0.228 e. The van der Waals surface area contributed by atoms with E-state index >= 15 is 0 Å². The first-order chi connectivity index (χ1) is 11.2. The number of rotatable bonds is 3. The van der Waals surface area contributed by atoms with Crippen molar-refractivity contribution < 1.29 is 9.53 Å². The van der Waals surface area contributed by atoms with Crippen LogP contribution in [0.4, 0.5) is 0 Å². The molecule has 0 aliphatic carbocycles. The van der Waals surface area contributed by atoms with E-state index in [1.54, 1.807) is 0 Å². The summed E-state index contributed by atoms with van der Waals surface area (Å²) in [6.45, 7) is 5.99. The van der Waals surface area contributed by atoms with Gasteiger partial charge in [0, 0.05) is 44.4 Å². The summed E-state index contributed by atoms with van der Waals surface area (Å²) in [4.78, 5) is 17.1. The fourth-order valence-corrected chi connectivity index (χ4v) is 3.52. The van der Waals surface area contributed by atoms with Crippen LogP contribution in [0, 0.1) is 5.92 Å². The minimum Gasteiger partial charge on any atom is -0.381 e. The normalized spacial score (nSPS) is 23.5. The molecule has 126 valence electrons. The fourth-order valence-electron chi connectivity index (χ4n) is 3.39. The second kappa shape index (κ2) is 8.13. The molecule has 3 rings (SSSR count). The van der Waals surface area contributed by atoms with E-state index in [1.165, 1.54) is 5.56 Å². The summed E-state index contributed by atoms with van der Waals surface area (Å²) < 4.78 is 5.47. The van der Waals surface area contributed by atoms with Crippen LogP contribution in [-0.2, 0) is 16.1 Å². The minimum atomic E-state index is 0.0755. The standard InChI is InChI=1S/C18H25ClN2O2/c19-17-6-4-15(5-7-17)13-20-8-2-9-21(11-10-20)18(22)16-3-1-12-23-14-16/h4-7,16H,1-3,8-14H2. The van der Waals surface area contributed by atoms with Crippen molar-refractivity contribution in [1.82, 2.24) is 9.80 Å². The molecule has 0 spiro atoms. The molecule has 2 fully saturated rings. The Morgan fingerprint density at radius 3 is 2.70 bits per heavy atom. The van der Waals surface area contributed by atoms with Gasteiger partial charge >= 0.3 is 0 Å². The lowest BCUT2D eigenvalue weighted by Gasteiger charge is -2.28. The van der Waals surface area contributed by atoms with Crippen LogP contribution in [0.15, 0.2) is 24.3 Å². The van der Waals surface area contributed by atoms with Gasteiger partial charge in [0.15, 0.2) is 0 Å². The van der Waals surface area contributed by atoms with Crippen LogP contribution in [0.2, 0.25) is 5.02 Å². The van der Waals surface area contributed by atoms with Crippen LogP contribution >= 0.6 is 11.6 Å². The Hall–Kier alpha value is -1.10. The lowest BCUT2D eigenvalue weighted by atomic mass is 10.0. The molecule has 5 heteroatoms. The molecule has 0 bridgehead atoms. The third-order valence-corrected chi connectivity index (χ3v) is 4.98. The summed E-state index contributed by atoms with van der Waals surface area (Å²) in [5.74, 6) is 0.365. The number of carbonyl (C=O) groups excluding carboxylic acids is 1. The number of amides is 1. The van der Waals surface area contributed by atoms with Crippen molar-refractivity contribution in [2.24, 2.45) is 5.92 Å². The molecule has 0 saturated carbocycles. The monoisotopic (exact) mass is 336 g/mol. The van der Waals surface area contributed by atoms with Gasteiger partial charge in [0.1, 0.15) is 0 Å². The molecule has 2 aliphatic heterocycles. The molecule has 1 atom stereocenters. The summed E-state index contributed by atoms with van der Waals surface area (Å²) in [5.41, 5.74) is 1.27. The zero-order valence-electron chi connectivity index (χ0n) is 13.5. The molecular weight excluding hydrogens is 312 g/mol. The number of carbonyl (C=O) groups is 1. The molecule has 23 heavy (non-hydrogen) atoms. The predicted octanol–water partition coefficient (Wildman–Crippen LogP) is 2.80. The van der Waals surface area contributed by atoms with E-state index in [2.05, 4.69) is 17.0 Å². The highest BCUT2D eigenvalue weighted by molar-refractivity contribution is 6.30. The zero-order chi connectivity index (χ0) is 16.1. The summed E-state index contributed by atoms with van der Waals surface area (Å²) in [5, 5.41) is 0.774. The van der Waals surface area contributed by atoms with E-state index in [4.69, 9.17) is 16.3 Å². The number of halogens is 1. The Morgan fingerprint density at radius 2 is 1.96 bits per heavy atom. The lowest BCUT2D eigenvalue weighted by molar-refractivity contribution is -0.139. The van der Waals surface area contributed by atoms with Gasteiger partial charge in [-0.05, 0) is 37.0 Å². The van der Waals surface area contributed by atoms with Gasteiger partial charge in [0.05, 0.1) is 12.5 Å². The highest BCUT2D eigenvalue weighted by atomic mass is 35.5. The number of hydrogen-bond acceptors (Lipinski definition) is 3. The number of ether oxygens (including phenoxy) is 1. The quantitative estimate of drug-likeness (QED) is 0.851. The van der Waals surface area contributed by atoms with Crippen molar-refractivity contribution in [1.29, 1.82) is 0 Å². The van der Waals surface area contributed by atoms with Gasteiger partial charge in [-0.25, -0.2) is 0 Å². The Labute approximate surface area is 143 Å². The Bertz CT molecular complexity index is 514. The molecule has 1 aromatic rings. The van der Waals surface area contributed by atoms with Crippen molar-refractivity contribution in [3.05, 3.63) is 34.9 Å². The number of hydrogen-bond donors (Lipinski definition) is 0. The van der Waals surface area contributed by atoms with Crippen LogP contribution in [0.1, 0.15) is 24.8 Å². The van der Waals surface area contributed by atoms with Gasteiger partial charge in [-0.15, -0.1) is 0 Å². The van der Waals surface area contributed by atoms with Crippen LogP contribution < -0.4 is 0 Å². The molecule has 2 saturated heterocycles. The van der Waals surface area contributed by atoms with Crippen molar-refractivity contribution >= 4 is 17.5 Å². The van der Waals surface area contributed by atoms with E-state index in [-0.39, 0.29) is 11.8 Å². The maximum atomic E-state index is 12.6. The molecule has 2 heterocycles. The molecule has 1 aromatic carbocycles. The third kappa shape index (κ3) is 4.69. The van der Waals surface area contributed by atoms with E-state index in [0.29, 0.717) is 6.61 Å². The molecule has 2 aliphatic rings. The lowest BCUT2D eigenvalue weighted by Crippen LogP contribution is -2.41. The summed E-state index contributed by atoms with van der Waals surface area (Å²) in [6, 6.07) is 8.03. The van der Waals surface area contributed by atoms with E-state index in [9.17, 15) is 4.79 Å². The van der Waals surface area contributed by atoms with Gasteiger partial charge in [-0.2, -0.15) is 0 Å². The van der Waals surface area contributed by atoms with Gasteiger partial charge in [0.2, 0.25) is 5.91 Å². The van der Waals surface area contributed by atoms with E-state index in [1.807, 2.05) is 17.0 Å². The first kappa shape index (κ1) is 16.7. The SMILES string of the molecule is O=C(C1CCCOC1)N1CCCN(Cc2ccc(Cl)cc2)CC1. The Balaban J connectivity index is 1.52. The van der Waals surface area contributed by atoms with Crippen molar-refractivity contribution in [2.75, 3.05) is 39.4 Å². The fraction of sp³-hybridized carbons (Fsp3) is 0.611. The highest BCUT2D eigenvalue weighted by Gasteiger charge is 2.27. The molecule has 4 nitrogen and oxygen atoms in total. The molecule has 1 unspecified atom stereocenters. The van der Waals surface area contributed by atoms with Gasteiger partial charge in [-0.1, -0.05) is 23.7 Å². The first-order valence-electron chi connectivity index (χ1n) is 8.56. The predicted molar refractivity (Wildman–Crippen MR) is 91.5 cm³/mol. The van der Waals surface area contributed by atoms with Crippen LogP contribution in [0.3, 0.4) is 0 Å². The topological polar surface area (TPSA) is 32.8 Å². The number of benzene rings is 1. The summed E-state index contributed by atoms with van der Waals surface area (Å²) in [7, 11) is 0. The van der Waals surface area contributed by atoms with Crippen LogP contribution in [0.25, 0.3) is 0 Å². The van der Waals surface area contributed by atoms with Gasteiger partial charge in [0.25, 0.3) is 0 Å². The molecule has 1 amide bonds. The minimum absolute atomic E-state index is 0.0755. The van der Waals surface area contributed by atoms with E-state index in [0.717, 1.165) is 63.6 Å². The molecule has 0 N–H and O–H groups in total. The molecule has 0 radical (unpaired) electrons. The van der Waals surface area contributed by atoms with Crippen molar-refractivity contribution in [3.8, 4) is 0 Å². The second-order valence-electron chi connectivity index (χ2n) is 6.50. The molecular formula is C18H25ClN2O2. The first-order valence-corrected chi connectivity index (χ1v) is 8.93. The smallest absolute Gasteiger partial charge is 0.228 e. The van der Waals surface area contributed by atoms with Crippen LogP contribution in [0.5, 0.6) is 0 Å². The Kier molecular flexibility index (Phi) is 5.92. The number of nitrogens with zero attached hydrogens (tertiary/aromatic N) is 2. The van der Waals surface area contributed by atoms with Crippen LogP contribution in [-0.4, -0.2) is 55.1 Å². The maximum absolute atomic E-state index is 12.6. The van der Waals surface area contributed by atoms with E-state index < -0.39 is 0 Å². The average Bonchev–Trinajstić information content (AvgIpc) is 2.83. The van der Waals surface area contributed by atoms with Gasteiger partial charge in [-0.3, -0.25) is 9.69 Å². The van der Waals surface area contributed by atoms with Crippen molar-refractivity contribution in [2.45, 2.75) is 25.8 Å². The largest absolute Gasteiger partial charge is 0.381 e. The summed E-state index contributed by atoms with van der Waals surface area (Å²) >= 11 is 5.94. The Morgan fingerprint density at radius 1 is 1.13 bits per heavy atom. The van der Waals surface area contributed by atoms with Gasteiger partial charge < -0.3 is 9.64 Å². The third-order valence-electron chi connectivity index (χ3n) is 4.73. The molecule has 0 aromatic heterocycles. The summed E-state index contributed by atoms with van der Waals surface area (Å²) in [6.07, 6.45) is 3.02.